The lowest BCUT2D eigenvalue weighted by molar-refractivity contribution is -0.382. The summed E-state index contributed by atoms with van der Waals surface area (Å²) in [7, 11) is -17.0. The van der Waals surface area contributed by atoms with Gasteiger partial charge in [-0.1, -0.05) is 48.5 Å². The molecule has 262 valence electrons. The lowest BCUT2D eigenvalue weighted by Gasteiger charge is -2.42. The van der Waals surface area contributed by atoms with Gasteiger partial charge in [-0.05, 0) is 58.8 Å². The van der Waals surface area contributed by atoms with Crippen LogP contribution in [0.4, 0.5) is 39.5 Å². The zero-order valence-corrected chi connectivity index (χ0v) is 27.5. The molecule has 0 aliphatic carbocycles. The maximum Gasteiger partial charge on any atom is 0.460 e. The lowest BCUT2D eigenvalue weighted by Crippen LogP contribution is -2.63. The molecule has 0 radical (unpaired) electrons. The maximum atomic E-state index is 15.3. The van der Waals surface area contributed by atoms with Crippen LogP contribution in [0.15, 0.2) is 121 Å². The van der Waals surface area contributed by atoms with Gasteiger partial charge in [0, 0.05) is 41.1 Å². The summed E-state index contributed by atoms with van der Waals surface area (Å²) in [5.41, 5.74) is -0.760. The number of hydrogen-bond acceptors (Lipinski definition) is 7. The van der Waals surface area contributed by atoms with Crippen LogP contribution < -0.4 is 5.43 Å². The largest absolute Gasteiger partial charge is 0.460 e. The van der Waals surface area contributed by atoms with Crippen molar-refractivity contribution in [3.63, 3.8) is 0 Å². The van der Waals surface area contributed by atoms with Gasteiger partial charge in [0.05, 0.1) is 4.90 Å². The molecule has 0 aliphatic heterocycles. The van der Waals surface area contributed by atoms with E-state index in [0.29, 0.717) is 11.0 Å². The third kappa shape index (κ3) is 5.78. The van der Waals surface area contributed by atoms with E-state index in [0.717, 1.165) is 47.7 Å². The molecule has 0 saturated carbocycles. The molecule has 19 heteroatoms. The van der Waals surface area contributed by atoms with Crippen molar-refractivity contribution in [2.24, 2.45) is 0 Å². The Bertz CT molecular complexity index is 2310. The molecule has 49 heavy (non-hydrogen) atoms. The Balaban J connectivity index is 1.97. The fraction of sp³-hybridized carbons (Fsp3) is 0.167. The standard InChI is InChI=1S/C30H19F9O6S4/c1-47(41,42)24-17-23-21(26(40)20-14-8-9-15-22(20)46-23)16-25(24)48(18-10-4-2-5-11-18,19-12-6-3-7-13-19)45-49(43,44)30(38,39)28(33,34)27(31,32)29(35,36)37/h2-17H,1H3. The molecule has 1 aromatic heterocycles. The topological polar surface area (TPSA) is 94.6 Å². The second-order valence-electron chi connectivity index (χ2n) is 10.4. The molecule has 0 atom stereocenters. The van der Waals surface area contributed by atoms with Crippen LogP contribution >= 0.6 is 21.6 Å². The van der Waals surface area contributed by atoms with Gasteiger partial charge in [0.1, 0.15) is 0 Å². The van der Waals surface area contributed by atoms with E-state index < -0.39 is 78.6 Å². The highest BCUT2D eigenvalue weighted by Crippen LogP contribution is 2.72. The van der Waals surface area contributed by atoms with E-state index in [1.54, 1.807) is 6.07 Å². The molecule has 0 spiro atoms. The van der Waals surface area contributed by atoms with Crippen molar-refractivity contribution in [3.05, 3.63) is 107 Å². The van der Waals surface area contributed by atoms with Crippen molar-refractivity contribution < 1.29 is 60.0 Å². The molecule has 0 N–H and O–H groups in total. The third-order valence-corrected chi connectivity index (χ3v) is 14.8. The number of alkyl halides is 9. The van der Waals surface area contributed by atoms with Gasteiger partial charge in [-0.15, -0.1) is 11.3 Å². The van der Waals surface area contributed by atoms with Crippen LogP contribution in [0.3, 0.4) is 0 Å². The molecular weight excluding hydrogens is 756 g/mol. The minimum absolute atomic E-state index is 0.00756. The number of sulfone groups is 1. The predicted molar refractivity (Wildman–Crippen MR) is 165 cm³/mol. The van der Waals surface area contributed by atoms with Gasteiger partial charge in [-0.2, -0.15) is 47.9 Å². The van der Waals surface area contributed by atoms with Gasteiger partial charge in [-0.25, -0.2) is 12.0 Å². The monoisotopic (exact) mass is 774 g/mol. The SMILES string of the molecule is CS(=O)(=O)c1cc2sc3ccccc3c(=O)c2cc1S(OS(=O)(=O)C(F)(F)C(F)(F)C(F)(F)C(F)(F)F)(c1ccccc1)c1ccccc1. The molecule has 0 saturated heterocycles. The fourth-order valence-corrected chi connectivity index (χ4v) is 12.7. The minimum Gasteiger partial charge on any atom is -0.289 e. The van der Waals surface area contributed by atoms with E-state index in [4.69, 9.17) is 3.63 Å². The molecule has 0 bridgehead atoms. The van der Waals surface area contributed by atoms with Crippen molar-refractivity contribution in [3.8, 4) is 0 Å². The zero-order chi connectivity index (χ0) is 36.4. The summed E-state index contributed by atoms with van der Waals surface area (Å²) in [6, 6.07) is 19.1. The predicted octanol–water partition coefficient (Wildman–Crippen LogP) is 8.79. The van der Waals surface area contributed by atoms with Gasteiger partial charge < -0.3 is 0 Å². The Labute approximate surface area is 277 Å². The van der Waals surface area contributed by atoms with Crippen LogP contribution in [-0.4, -0.2) is 46.4 Å². The summed E-state index contributed by atoms with van der Waals surface area (Å²) >= 11 is 0.909. The summed E-state index contributed by atoms with van der Waals surface area (Å²) in [4.78, 5) is 11.0. The molecule has 1 heterocycles. The van der Waals surface area contributed by atoms with Gasteiger partial charge in [-0.3, -0.25) is 4.79 Å². The molecule has 6 nitrogen and oxygen atoms in total. The van der Waals surface area contributed by atoms with E-state index in [1.165, 1.54) is 54.6 Å². The molecule has 0 fully saturated rings. The fourth-order valence-electron chi connectivity index (χ4n) is 4.75. The average Bonchev–Trinajstić information content (AvgIpc) is 3.03. The molecule has 0 aliphatic rings. The first-order valence-electron chi connectivity index (χ1n) is 13.3. The van der Waals surface area contributed by atoms with E-state index in [2.05, 4.69) is 0 Å². The number of rotatable bonds is 9. The first kappa shape index (κ1) is 36.6. The number of halogens is 9. The molecule has 4 aromatic carbocycles. The smallest absolute Gasteiger partial charge is 0.289 e. The Morgan fingerprint density at radius 1 is 0.592 bits per heavy atom. The van der Waals surface area contributed by atoms with Crippen molar-refractivity contribution >= 4 is 61.8 Å². The Hall–Kier alpha value is -3.65. The van der Waals surface area contributed by atoms with E-state index in [1.807, 2.05) is 0 Å². The molecule has 0 amide bonds. The highest BCUT2D eigenvalue weighted by molar-refractivity contribution is 8.33. The van der Waals surface area contributed by atoms with Gasteiger partial charge >= 0.3 is 33.4 Å². The molecule has 5 rings (SSSR count). The number of fused-ring (bicyclic) bond motifs is 2. The first-order chi connectivity index (χ1) is 22.5. The van der Waals surface area contributed by atoms with E-state index >= 15 is 8.78 Å². The number of hydrogen-bond donors (Lipinski definition) is 0. The van der Waals surface area contributed by atoms with Crippen LogP contribution in [-0.2, 0) is 23.6 Å². The number of benzene rings is 4. The van der Waals surface area contributed by atoms with Crippen LogP contribution in [0.2, 0.25) is 0 Å². The van der Waals surface area contributed by atoms with Crippen molar-refractivity contribution in [2.45, 2.75) is 42.9 Å². The lowest BCUT2D eigenvalue weighted by atomic mass is 10.1. The van der Waals surface area contributed by atoms with Crippen molar-refractivity contribution in [1.82, 2.24) is 0 Å². The van der Waals surface area contributed by atoms with E-state index in [-0.39, 0.29) is 15.5 Å². The Morgan fingerprint density at radius 3 is 1.57 bits per heavy atom. The van der Waals surface area contributed by atoms with E-state index in [9.17, 15) is 52.4 Å². The first-order valence-corrected chi connectivity index (χ1v) is 19.0. The molecule has 5 aromatic rings. The highest BCUT2D eigenvalue weighted by atomic mass is 32.3. The summed E-state index contributed by atoms with van der Waals surface area (Å²) < 4.78 is 185. The van der Waals surface area contributed by atoms with Gasteiger partial charge in [0.25, 0.3) is 0 Å². The normalized spacial score (nSPS) is 14.3. The highest BCUT2D eigenvalue weighted by Gasteiger charge is 2.86. The molecular formula is C30H19F9O6S4. The van der Waals surface area contributed by atoms with Gasteiger partial charge in [0.2, 0.25) is 0 Å². The summed E-state index contributed by atoms with van der Waals surface area (Å²) in [6.07, 6.45) is -6.74. The van der Waals surface area contributed by atoms with Crippen LogP contribution in [0, 0.1) is 0 Å². The minimum atomic E-state index is -7.65. The summed E-state index contributed by atoms with van der Waals surface area (Å²) in [5, 5.41) is -7.51. The Kier molecular flexibility index (Phi) is 8.97. The van der Waals surface area contributed by atoms with Crippen LogP contribution in [0.25, 0.3) is 20.2 Å². The molecule has 0 unspecified atom stereocenters. The van der Waals surface area contributed by atoms with Crippen molar-refractivity contribution in [1.29, 1.82) is 0 Å². The van der Waals surface area contributed by atoms with Crippen LogP contribution in [0.5, 0.6) is 0 Å². The average molecular weight is 775 g/mol. The van der Waals surface area contributed by atoms with Crippen LogP contribution in [0.1, 0.15) is 0 Å². The zero-order valence-electron chi connectivity index (χ0n) is 24.2. The second-order valence-corrected chi connectivity index (χ2v) is 17.9. The summed E-state index contributed by atoms with van der Waals surface area (Å²) in [6.45, 7) is 0. The summed E-state index contributed by atoms with van der Waals surface area (Å²) in [5.74, 6) is -15.3. The quantitative estimate of drug-likeness (QED) is 0.110. The van der Waals surface area contributed by atoms with Gasteiger partial charge in [0.15, 0.2) is 15.3 Å². The Morgan fingerprint density at radius 2 is 1.08 bits per heavy atom. The van der Waals surface area contributed by atoms with Crippen molar-refractivity contribution in [2.75, 3.05) is 6.26 Å². The third-order valence-electron chi connectivity index (χ3n) is 7.12. The maximum absolute atomic E-state index is 15.3. The second kappa shape index (κ2) is 12.0.